The van der Waals surface area contributed by atoms with Gasteiger partial charge in [0.25, 0.3) is 6.29 Å². The van der Waals surface area contributed by atoms with E-state index in [9.17, 15) is 19.5 Å². The Morgan fingerprint density at radius 2 is 0.684 bits per heavy atom. The molecule has 2 atom stereocenters. The first-order valence-electron chi connectivity index (χ1n) is 31.7. The summed E-state index contributed by atoms with van der Waals surface area (Å²) in [5.41, 5.74) is 0. The van der Waals surface area contributed by atoms with Gasteiger partial charge in [-0.05, 0) is 103 Å². The number of rotatable bonds is 57. The molecule has 0 aliphatic heterocycles. The molecule has 0 fully saturated rings. The topological polar surface area (TPSA) is 108 Å². The largest absolute Gasteiger partial charge is 0.477 e. The van der Waals surface area contributed by atoms with E-state index in [0.29, 0.717) is 23.9 Å². The maximum Gasteiger partial charge on any atom is 0.361 e. The lowest BCUT2D eigenvalue weighted by Gasteiger charge is -2.25. The number of carbonyl (C=O) groups excluding carboxylic acids is 2. The second kappa shape index (κ2) is 59.8. The van der Waals surface area contributed by atoms with Crippen LogP contribution in [-0.4, -0.2) is 87.4 Å². The number of allylic oxidation sites excluding steroid dienone is 20. The van der Waals surface area contributed by atoms with Gasteiger partial charge in [-0.2, -0.15) is 0 Å². The standard InChI is InChI=1S/C70H117NO8/c1-6-8-10-12-14-16-18-20-22-24-26-28-30-31-32-33-34-35-36-37-39-41-43-45-47-49-51-53-55-57-59-61-68(73)79-66(65-78-70(69(74)75)76-63-62-71(3,4)5)64-77-67(72)60-58-56-54-52-50-48-46-44-42-40-38-29-27-25-23-21-19-17-15-13-11-9-7-2/h8-11,14-17,20-23,26-29,31-32,34-35,66,70H,6-7,12-13,18-19,24-25,30,33,36-65H2,1-5H3/p+1/b10-8-,11-9-,16-14-,17-15-,22-20-,23-21-,28-26-,29-27-,32-31-,35-34-. The zero-order valence-electron chi connectivity index (χ0n) is 51.2. The number of aliphatic carboxylic acids is 1. The van der Waals surface area contributed by atoms with E-state index in [1.807, 2.05) is 21.1 Å². The summed E-state index contributed by atoms with van der Waals surface area (Å²) in [6.07, 6.45) is 81.4. The predicted molar refractivity (Wildman–Crippen MR) is 336 cm³/mol. The smallest absolute Gasteiger partial charge is 0.361 e. The molecule has 0 bridgehead atoms. The molecule has 79 heavy (non-hydrogen) atoms. The fourth-order valence-electron chi connectivity index (χ4n) is 8.42. The number of carboxylic acids is 1. The zero-order chi connectivity index (χ0) is 57.6. The molecule has 9 nitrogen and oxygen atoms in total. The van der Waals surface area contributed by atoms with Gasteiger partial charge in [-0.25, -0.2) is 4.79 Å². The van der Waals surface area contributed by atoms with Crippen LogP contribution < -0.4 is 0 Å². The van der Waals surface area contributed by atoms with Crippen molar-refractivity contribution in [3.8, 4) is 0 Å². The Kier molecular flexibility index (Phi) is 56.5. The molecule has 0 rings (SSSR count). The molecule has 0 heterocycles. The number of carboxylic acid groups (broad SMARTS) is 1. The molecule has 0 saturated heterocycles. The number of quaternary nitrogens is 1. The van der Waals surface area contributed by atoms with E-state index in [0.717, 1.165) is 109 Å². The van der Waals surface area contributed by atoms with E-state index in [-0.39, 0.29) is 32.2 Å². The van der Waals surface area contributed by atoms with Crippen LogP contribution in [0.25, 0.3) is 0 Å². The second-order valence-electron chi connectivity index (χ2n) is 22.0. The lowest BCUT2D eigenvalue weighted by atomic mass is 10.0. The number of unbranched alkanes of at least 4 members (excludes halogenated alkanes) is 22. The molecule has 0 saturated carbocycles. The van der Waals surface area contributed by atoms with Gasteiger partial charge in [0, 0.05) is 12.8 Å². The van der Waals surface area contributed by atoms with Crippen molar-refractivity contribution >= 4 is 17.9 Å². The monoisotopic (exact) mass is 1100 g/mol. The van der Waals surface area contributed by atoms with Crippen molar-refractivity contribution in [2.45, 2.75) is 257 Å². The summed E-state index contributed by atoms with van der Waals surface area (Å²) in [4.78, 5) is 37.5. The molecular weight excluding hydrogens is 983 g/mol. The van der Waals surface area contributed by atoms with Crippen LogP contribution >= 0.6 is 0 Å². The molecule has 0 radical (unpaired) electrons. The van der Waals surface area contributed by atoms with Gasteiger partial charge in [0.15, 0.2) is 6.10 Å². The van der Waals surface area contributed by atoms with Gasteiger partial charge in [-0.3, -0.25) is 9.59 Å². The molecule has 0 aliphatic rings. The Morgan fingerprint density at radius 1 is 0.380 bits per heavy atom. The lowest BCUT2D eigenvalue weighted by molar-refractivity contribution is -0.870. The third-order valence-corrected chi connectivity index (χ3v) is 13.2. The van der Waals surface area contributed by atoms with Gasteiger partial charge in [0.05, 0.1) is 34.4 Å². The average molecular weight is 1100 g/mol. The van der Waals surface area contributed by atoms with E-state index >= 15 is 0 Å². The third kappa shape index (κ3) is 61.2. The van der Waals surface area contributed by atoms with Crippen LogP contribution in [0.2, 0.25) is 0 Å². The third-order valence-electron chi connectivity index (χ3n) is 13.2. The molecule has 2 unspecified atom stereocenters. The van der Waals surface area contributed by atoms with Crippen molar-refractivity contribution < 1.29 is 42.9 Å². The predicted octanol–water partition coefficient (Wildman–Crippen LogP) is 19.2. The van der Waals surface area contributed by atoms with Crippen LogP contribution in [0.5, 0.6) is 0 Å². The SMILES string of the molecule is CC/C=C\C/C=C\C/C=C\C/C=C\C/C=C\C/C=C\CCCCCCCCCCCCCCC(=O)OC(COC(=O)CCCCCCCCCCCC/C=C\C/C=C\C/C=C\C/C=C\CC)COC(OCC[N+](C)(C)C)C(=O)O. The Labute approximate surface area is 485 Å². The van der Waals surface area contributed by atoms with Crippen LogP contribution in [0, 0.1) is 0 Å². The number of ether oxygens (including phenoxy) is 4. The highest BCUT2D eigenvalue weighted by atomic mass is 16.7. The molecule has 0 aromatic rings. The van der Waals surface area contributed by atoms with Gasteiger partial charge in [0.1, 0.15) is 13.2 Å². The minimum Gasteiger partial charge on any atom is -0.477 e. The molecule has 0 aliphatic carbocycles. The van der Waals surface area contributed by atoms with E-state index in [2.05, 4.69) is 135 Å². The quantitative estimate of drug-likeness (QED) is 0.0211. The Hall–Kier alpha value is -4.31. The molecule has 450 valence electrons. The van der Waals surface area contributed by atoms with E-state index < -0.39 is 24.3 Å². The normalized spacial score (nSPS) is 13.6. The minimum absolute atomic E-state index is 0.181. The average Bonchev–Trinajstić information content (AvgIpc) is 3.42. The Bertz CT molecular complexity index is 1710. The van der Waals surface area contributed by atoms with Gasteiger partial charge in [0.2, 0.25) is 0 Å². The zero-order valence-corrected chi connectivity index (χ0v) is 51.2. The number of hydrogen-bond donors (Lipinski definition) is 1. The van der Waals surface area contributed by atoms with Gasteiger partial charge in [-0.15, -0.1) is 0 Å². The minimum atomic E-state index is -1.52. The second-order valence-corrected chi connectivity index (χ2v) is 22.0. The molecule has 0 aromatic heterocycles. The first-order chi connectivity index (χ1) is 38.6. The maximum absolute atomic E-state index is 12.9. The molecule has 9 heteroatoms. The van der Waals surface area contributed by atoms with E-state index in [1.165, 1.54) is 103 Å². The first kappa shape index (κ1) is 74.7. The summed E-state index contributed by atoms with van der Waals surface area (Å²) in [6.45, 7) is 4.65. The number of likely N-dealkylation sites (N-methyl/N-ethyl adjacent to an activating group) is 1. The van der Waals surface area contributed by atoms with Crippen LogP contribution in [-0.2, 0) is 33.3 Å². The lowest BCUT2D eigenvalue weighted by Crippen LogP contribution is -2.40. The fourth-order valence-corrected chi connectivity index (χ4v) is 8.42. The van der Waals surface area contributed by atoms with Gasteiger partial charge < -0.3 is 28.5 Å². The summed E-state index contributed by atoms with van der Waals surface area (Å²) in [5, 5.41) is 9.73. The maximum atomic E-state index is 12.9. The highest BCUT2D eigenvalue weighted by molar-refractivity contribution is 5.71. The Morgan fingerprint density at radius 3 is 1.01 bits per heavy atom. The van der Waals surface area contributed by atoms with E-state index in [1.54, 1.807) is 0 Å². The van der Waals surface area contributed by atoms with Crippen molar-refractivity contribution in [3.05, 3.63) is 122 Å². The number of esters is 2. The van der Waals surface area contributed by atoms with E-state index in [4.69, 9.17) is 18.9 Å². The van der Waals surface area contributed by atoms with Crippen molar-refractivity contribution in [2.75, 3.05) is 47.5 Å². The number of hydrogen-bond acceptors (Lipinski definition) is 7. The van der Waals surface area contributed by atoms with Gasteiger partial charge in [-0.1, -0.05) is 251 Å². The van der Waals surface area contributed by atoms with Gasteiger partial charge >= 0.3 is 17.9 Å². The van der Waals surface area contributed by atoms with Crippen LogP contribution in [0.1, 0.15) is 245 Å². The molecular formula is C70H118NO8+. The summed E-state index contributed by atoms with van der Waals surface area (Å²) in [5.74, 6) is -2.02. The summed E-state index contributed by atoms with van der Waals surface area (Å²) < 4.78 is 22.9. The molecule has 0 amide bonds. The molecule has 0 aromatic carbocycles. The highest BCUT2D eigenvalue weighted by Gasteiger charge is 2.25. The molecule has 1 N–H and O–H groups in total. The number of carbonyl (C=O) groups is 3. The van der Waals surface area contributed by atoms with Crippen molar-refractivity contribution in [1.82, 2.24) is 0 Å². The van der Waals surface area contributed by atoms with Crippen LogP contribution in [0.15, 0.2) is 122 Å². The summed E-state index contributed by atoms with van der Waals surface area (Å²) >= 11 is 0. The fraction of sp³-hybridized carbons (Fsp3) is 0.671. The summed E-state index contributed by atoms with van der Waals surface area (Å²) in [6, 6.07) is 0. The summed E-state index contributed by atoms with van der Waals surface area (Å²) in [7, 11) is 5.97. The molecule has 0 spiro atoms. The highest BCUT2D eigenvalue weighted by Crippen LogP contribution is 2.16. The van der Waals surface area contributed by atoms with Crippen LogP contribution in [0.4, 0.5) is 0 Å². The van der Waals surface area contributed by atoms with Crippen molar-refractivity contribution in [3.63, 3.8) is 0 Å². The first-order valence-corrected chi connectivity index (χ1v) is 31.7. The Balaban J connectivity index is 4.21. The number of nitrogens with zero attached hydrogens (tertiary/aromatic N) is 1. The van der Waals surface area contributed by atoms with Crippen molar-refractivity contribution in [2.24, 2.45) is 0 Å². The van der Waals surface area contributed by atoms with Crippen LogP contribution in [0.3, 0.4) is 0 Å². The van der Waals surface area contributed by atoms with Crippen molar-refractivity contribution in [1.29, 1.82) is 0 Å².